The van der Waals surface area contributed by atoms with Crippen molar-refractivity contribution >= 4 is 11.3 Å². The van der Waals surface area contributed by atoms with Crippen molar-refractivity contribution in [3.63, 3.8) is 0 Å². The second-order valence-corrected chi connectivity index (χ2v) is 7.82. The molecule has 1 aromatic rings. The first kappa shape index (κ1) is 11.4. The second kappa shape index (κ2) is 4.04. The number of nitrogens with one attached hydrogen (secondary N) is 1. The van der Waals surface area contributed by atoms with Gasteiger partial charge in [-0.3, -0.25) is 0 Å². The minimum Gasteiger partial charge on any atom is -0.313 e. The summed E-state index contributed by atoms with van der Waals surface area (Å²) in [6, 6.07) is 0.844. The van der Waals surface area contributed by atoms with E-state index in [1.165, 1.54) is 55.8 Å². The van der Waals surface area contributed by atoms with Gasteiger partial charge in [0.05, 0.1) is 5.01 Å². The largest absolute Gasteiger partial charge is 0.313 e. The maximum atomic E-state index is 4.69. The zero-order chi connectivity index (χ0) is 12.2. The molecule has 3 heteroatoms. The van der Waals surface area contributed by atoms with E-state index in [9.17, 15) is 0 Å². The highest BCUT2D eigenvalue weighted by molar-refractivity contribution is 7.09. The summed E-state index contributed by atoms with van der Waals surface area (Å²) < 4.78 is 0. The van der Waals surface area contributed by atoms with E-state index in [-0.39, 0.29) is 0 Å². The van der Waals surface area contributed by atoms with Crippen molar-refractivity contribution in [3.05, 3.63) is 16.1 Å². The summed E-state index contributed by atoms with van der Waals surface area (Å²) >= 11 is 1.86. The van der Waals surface area contributed by atoms with E-state index in [0.717, 1.165) is 17.9 Å². The number of nitrogens with zero attached hydrogens (tertiary/aromatic N) is 1. The van der Waals surface area contributed by atoms with Gasteiger partial charge in [0.1, 0.15) is 0 Å². The van der Waals surface area contributed by atoms with Gasteiger partial charge in [-0.15, -0.1) is 11.3 Å². The SMILES string of the molecule is Cc1csc(CC2(CNC3CC3)CC3CC3C2)n1. The molecule has 3 saturated carbocycles. The Morgan fingerprint density at radius 3 is 2.78 bits per heavy atom. The Labute approximate surface area is 113 Å². The molecule has 0 radical (unpaired) electrons. The van der Waals surface area contributed by atoms with E-state index in [1.807, 2.05) is 11.3 Å². The molecule has 1 N–H and O–H groups in total. The molecule has 0 aromatic carbocycles. The molecule has 3 fully saturated rings. The number of thiazole rings is 1. The molecule has 18 heavy (non-hydrogen) atoms. The summed E-state index contributed by atoms with van der Waals surface area (Å²) in [4.78, 5) is 4.69. The van der Waals surface area contributed by atoms with Gasteiger partial charge < -0.3 is 5.32 Å². The highest BCUT2D eigenvalue weighted by Crippen LogP contribution is 2.60. The van der Waals surface area contributed by atoms with Crippen molar-refractivity contribution in [1.29, 1.82) is 0 Å². The van der Waals surface area contributed by atoms with Crippen molar-refractivity contribution < 1.29 is 0 Å². The molecule has 0 aliphatic heterocycles. The Balaban J connectivity index is 1.47. The zero-order valence-corrected chi connectivity index (χ0v) is 11.9. The maximum Gasteiger partial charge on any atom is 0.0934 e. The van der Waals surface area contributed by atoms with Crippen molar-refractivity contribution in [3.8, 4) is 0 Å². The van der Waals surface area contributed by atoms with Gasteiger partial charge in [0.2, 0.25) is 0 Å². The third-order valence-electron chi connectivity index (χ3n) is 5.00. The molecule has 98 valence electrons. The molecular weight excluding hydrogens is 240 g/mol. The Bertz CT molecular complexity index is 439. The third kappa shape index (κ3) is 2.23. The van der Waals surface area contributed by atoms with Crippen LogP contribution in [0, 0.1) is 24.2 Å². The van der Waals surface area contributed by atoms with E-state index in [0.29, 0.717) is 5.41 Å². The zero-order valence-electron chi connectivity index (χ0n) is 11.1. The quantitative estimate of drug-likeness (QED) is 0.881. The molecule has 2 nitrogen and oxygen atoms in total. The molecule has 3 aliphatic rings. The summed E-state index contributed by atoms with van der Waals surface area (Å²) in [5.41, 5.74) is 1.74. The molecule has 1 aromatic heterocycles. The molecule has 0 spiro atoms. The summed E-state index contributed by atoms with van der Waals surface area (Å²) in [6.45, 7) is 3.35. The number of hydrogen-bond donors (Lipinski definition) is 1. The van der Waals surface area contributed by atoms with Gasteiger partial charge >= 0.3 is 0 Å². The lowest BCUT2D eigenvalue weighted by molar-refractivity contribution is 0.247. The predicted molar refractivity (Wildman–Crippen MR) is 74.8 cm³/mol. The number of aryl methyl sites for hydroxylation is 1. The minimum atomic E-state index is 0.542. The van der Waals surface area contributed by atoms with Crippen molar-refractivity contribution in [2.75, 3.05) is 6.54 Å². The molecular formula is C15H22N2S. The van der Waals surface area contributed by atoms with Crippen LogP contribution in [-0.4, -0.2) is 17.6 Å². The van der Waals surface area contributed by atoms with Crippen LogP contribution in [-0.2, 0) is 6.42 Å². The molecule has 2 unspecified atom stereocenters. The van der Waals surface area contributed by atoms with E-state index < -0.39 is 0 Å². The van der Waals surface area contributed by atoms with Crippen LogP contribution < -0.4 is 5.32 Å². The van der Waals surface area contributed by atoms with Crippen LogP contribution in [0.5, 0.6) is 0 Å². The smallest absolute Gasteiger partial charge is 0.0934 e. The first-order valence-corrected chi connectivity index (χ1v) is 8.25. The number of rotatable bonds is 5. The molecule has 1 heterocycles. The number of hydrogen-bond acceptors (Lipinski definition) is 3. The van der Waals surface area contributed by atoms with Crippen LogP contribution >= 0.6 is 11.3 Å². The Hall–Kier alpha value is -0.410. The molecule has 4 rings (SSSR count). The highest BCUT2D eigenvalue weighted by Gasteiger charge is 2.53. The van der Waals surface area contributed by atoms with Gasteiger partial charge in [0, 0.05) is 30.1 Å². The summed E-state index contributed by atoms with van der Waals surface area (Å²) in [5, 5.41) is 7.35. The van der Waals surface area contributed by atoms with Gasteiger partial charge in [0.15, 0.2) is 0 Å². The van der Waals surface area contributed by atoms with E-state index in [2.05, 4.69) is 17.6 Å². The van der Waals surface area contributed by atoms with E-state index in [1.54, 1.807) is 0 Å². The molecule has 3 aliphatic carbocycles. The lowest BCUT2D eigenvalue weighted by atomic mass is 9.80. The van der Waals surface area contributed by atoms with Gasteiger partial charge in [0.25, 0.3) is 0 Å². The molecule has 2 atom stereocenters. The fourth-order valence-corrected chi connectivity index (χ4v) is 4.76. The second-order valence-electron chi connectivity index (χ2n) is 6.88. The first-order valence-electron chi connectivity index (χ1n) is 7.37. The topological polar surface area (TPSA) is 24.9 Å². The Kier molecular flexibility index (Phi) is 2.56. The lowest BCUT2D eigenvalue weighted by Gasteiger charge is -2.30. The fourth-order valence-electron chi connectivity index (χ4n) is 3.81. The summed E-state index contributed by atoms with van der Waals surface area (Å²) in [5.74, 6) is 2.12. The van der Waals surface area contributed by atoms with Gasteiger partial charge in [-0.1, -0.05) is 0 Å². The average molecular weight is 262 g/mol. The number of fused-ring (bicyclic) bond motifs is 1. The maximum absolute atomic E-state index is 4.69. The standard InChI is InChI=1S/C15H22N2S/c1-10-8-18-14(17-10)7-15(9-16-13-2-3-13)5-11-4-12(11)6-15/h8,11-13,16H,2-7,9H2,1H3. The Morgan fingerprint density at radius 1 is 1.39 bits per heavy atom. The summed E-state index contributed by atoms with van der Waals surface area (Å²) in [7, 11) is 0. The third-order valence-corrected chi connectivity index (χ3v) is 5.96. The van der Waals surface area contributed by atoms with E-state index in [4.69, 9.17) is 4.98 Å². The van der Waals surface area contributed by atoms with Crippen LogP contribution in [0.3, 0.4) is 0 Å². The van der Waals surface area contributed by atoms with Gasteiger partial charge in [-0.25, -0.2) is 4.98 Å². The molecule has 0 bridgehead atoms. The Morgan fingerprint density at radius 2 is 2.17 bits per heavy atom. The van der Waals surface area contributed by atoms with Crippen LogP contribution in [0.4, 0.5) is 0 Å². The molecule has 0 amide bonds. The van der Waals surface area contributed by atoms with Crippen molar-refractivity contribution in [1.82, 2.24) is 10.3 Å². The predicted octanol–water partition coefficient (Wildman–Crippen LogP) is 3.16. The van der Waals surface area contributed by atoms with Crippen molar-refractivity contribution in [2.24, 2.45) is 17.3 Å². The molecule has 0 saturated heterocycles. The van der Waals surface area contributed by atoms with E-state index >= 15 is 0 Å². The number of aromatic nitrogens is 1. The highest BCUT2D eigenvalue weighted by atomic mass is 32.1. The first-order chi connectivity index (χ1) is 8.72. The van der Waals surface area contributed by atoms with Gasteiger partial charge in [-0.2, -0.15) is 0 Å². The normalized spacial score (nSPS) is 37.8. The van der Waals surface area contributed by atoms with Crippen LogP contribution in [0.2, 0.25) is 0 Å². The monoisotopic (exact) mass is 262 g/mol. The van der Waals surface area contributed by atoms with Crippen LogP contribution in [0.15, 0.2) is 5.38 Å². The van der Waals surface area contributed by atoms with Gasteiger partial charge in [-0.05, 0) is 56.3 Å². The fraction of sp³-hybridized carbons (Fsp3) is 0.800. The summed E-state index contributed by atoms with van der Waals surface area (Å²) in [6.07, 6.45) is 8.45. The average Bonchev–Trinajstić information content (AvgIpc) is 3.23. The van der Waals surface area contributed by atoms with Crippen LogP contribution in [0.25, 0.3) is 0 Å². The van der Waals surface area contributed by atoms with Crippen molar-refractivity contribution in [2.45, 2.75) is 51.5 Å². The lowest BCUT2D eigenvalue weighted by Crippen LogP contribution is -2.36. The minimum absolute atomic E-state index is 0.542. The van der Waals surface area contributed by atoms with Crippen LogP contribution in [0.1, 0.15) is 42.8 Å².